The van der Waals surface area contributed by atoms with E-state index in [1.165, 1.54) is 38.6 Å². The smallest absolute Gasteiger partial charge is 0.191 e. The van der Waals surface area contributed by atoms with Gasteiger partial charge in [0, 0.05) is 45.4 Å². The molecule has 0 bridgehead atoms. The summed E-state index contributed by atoms with van der Waals surface area (Å²) in [6.07, 6.45) is 7.81. The number of nitrogens with one attached hydrogen (secondary N) is 2. The van der Waals surface area contributed by atoms with E-state index >= 15 is 0 Å². The third-order valence-electron chi connectivity index (χ3n) is 5.02. The molecule has 1 saturated heterocycles. The van der Waals surface area contributed by atoms with Crippen LogP contribution < -0.4 is 10.6 Å². The lowest BCUT2D eigenvalue weighted by atomic mass is 10.0. The Morgan fingerprint density at radius 1 is 1.26 bits per heavy atom. The van der Waals surface area contributed by atoms with E-state index in [0.29, 0.717) is 12.1 Å². The van der Waals surface area contributed by atoms with Crippen LogP contribution >= 0.6 is 0 Å². The second-order valence-corrected chi connectivity index (χ2v) is 7.18. The van der Waals surface area contributed by atoms with Crippen LogP contribution in [-0.2, 0) is 4.74 Å². The molecule has 2 fully saturated rings. The van der Waals surface area contributed by atoms with Gasteiger partial charge in [-0.2, -0.15) is 0 Å². The molecule has 0 radical (unpaired) electrons. The molecule has 0 amide bonds. The maximum Gasteiger partial charge on any atom is 0.191 e. The van der Waals surface area contributed by atoms with Crippen molar-refractivity contribution in [2.45, 2.75) is 64.5 Å². The quantitative estimate of drug-likeness (QED) is 0.388. The van der Waals surface area contributed by atoms with Crippen LogP contribution in [0, 0.1) is 5.92 Å². The topological polar surface area (TPSA) is 48.9 Å². The van der Waals surface area contributed by atoms with Gasteiger partial charge in [-0.05, 0) is 58.4 Å². The minimum atomic E-state index is 0.547. The first-order chi connectivity index (χ1) is 11.2. The van der Waals surface area contributed by atoms with Gasteiger partial charge in [0.15, 0.2) is 5.96 Å². The number of likely N-dealkylation sites (tertiary alicyclic amines) is 1. The van der Waals surface area contributed by atoms with E-state index < -0.39 is 0 Å². The summed E-state index contributed by atoms with van der Waals surface area (Å²) < 4.78 is 5.66. The van der Waals surface area contributed by atoms with Crippen molar-refractivity contribution >= 4 is 5.96 Å². The molecular formula is C18H36N4O. The Morgan fingerprint density at radius 3 is 2.78 bits per heavy atom. The molecule has 1 saturated carbocycles. The molecule has 1 aliphatic heterocycles. The summed E-state index contributed by atoms with van der Waals surface area (Å²) in [6, 6.07) is 1.25. The van der Waals surface area contributed by atoms with Crippen molar-refractivity contribution in [3.63, 3.8) is 0 Å². The van der Waals surface area contributed by atoms with E-state index in [1.807, 2.05) is 7.05 Å². The summed E-state index contributed by atoms with van der Waals surface area (Å²) in [4.78, 5) is 6.94. The molecular weight excluding hydrogens is 288 g/mol. The van der Waals surface area contributed by atoms with Gasteiger partial charge in [-0.3, -0.25) is 9.89 Å². The van der Waals surface area contributed by atoms with Gasteiger partial charge in [0.1, 0.15) is 0 Å². The second-order valence-electron chi connectivity index (χ2n) is 7.18. The molecule has 0 spiro atoms. The van der Waals surface area contributed by atoms with Gasteiger partial charge in [0.05, 0.1) is 0 Å². The highest BCUT2D eigenvalue weighted by atomic mass is 16.5. The van der Waals surface area contributed by atoms with Crippen LogP contribution in [0.2, 0.25) is 0 Å². The van der Waals surface area contributed by atoms with Crippen LogP contribution in [0.3, 0.4) is 0 Å². The zero-order valence-corrected chi connectivity index (χ0v) is 15.3. The van der Waals surface area contributed by atoms with Gasteiger partial charge in [-0.25, -0.2) is 0 Å². The zero-order chi connectivity index (χ0) is 16.5. The lowest BCUT2D eigenvalue weighted by Crippen LogP contribution is -2.50. The average molecular weight is 325 g/mol. The summed E-state index contributed by atoms with van der Waals surface area (Å²) in [5, 5.41) is 6.85. The van der Waals surface area contributed by atoms with Crippen LogP contribution in [0.5, 0.6) is 0 Å². The standard InChI is InChI=1S/C18H36N4O/c1-15-7-4-5-11-22(15)16(2)13-21-18(19-3)20-10-6-12-23-14-17-8-9-17/h15-17H,4-14H2,1-3H3,(H2,19,20,21). The van der Waals surface area contributed by atoms with Gasteiger partial charge in [-0.15, -0.1) is 0 Å². The summed E-state index contributed by atoms with van der Waals surface area (Å²) >= 11 is 0. The van der Waals surface area contributed by atoms with E-state index in [9.17, 15) is 0 Å². The molecule has 0 aromatic rings. The lowest BCUT2D eigenvalue weighted by molar-refractivity contribution is 0.115. The van der Waals surface area contributed by atoms with Crippen LogP contribution in [0.1, 0.15) is 52.4 Å². The largest absolute Gasteiger partial charge is 0.381 e. The number of aliphatic imine (C=N–C) groups is 1. The molecule has 0 aromatic heterocycles. The number of hydrogen-bond acceptors (Lipinski definition) is 3. The van der Waals surface area contributed by atoms with Gasteiger partial charge < -0.3 is 15.4 Å². The van der Waals surface area contributed by atoms with Gasteiger partial charge >= 0.3 is 0 Å². The van der Waals surface area contributed by atoms with E-state index in [-0.39, 0.29) is 0 Å². The van der Waals surface area contributed by atoms with Gasteiger partial charge in [0.25, 0.3) is 0 Å². The Hall–Kier alpha value is -0.810. The van der Waals surface area contributed by atoms with Crippen molar-refractivity contribution < 1.29 is 4.74 Å². The maximum absolute atomic E-state index is 5.66. The zero-order valence-electron chi connectivity index (χ0n) is 15.3. The predicted molar refractivity (Wildman–Crippen MR) is 97.0 cm³/mol. The number of guanidine groups is 1. The second kappa shape index (κ2) is 10.1. The average Bonchev–Trinajstić information content (AvgIpc) is 3.38. The van der Waals surface area contributed by atoms with Gasteiger partial charge in [0.2, 0.25) is 0 Å². The third kappa shape index (κ3) is 7.08. The third-order valence-corrected chi connectivity index (χ3v) is 5.02. The first-order valence-electron chi connectivity index (χ1n) is 9.48. The Labute approximate surface area is 142 Å². The normalized spacial score (nSPS) is 24.5. The van der Waals surface area contributed by atoms with Crippen molar-refractivity contribution in [1.82, 2.24) is 15.5 Å². The lowest BCUT2D eigenvalue weighted by Gasteiger charge is -2.38. The molecule has 1 aliphatic carbocycles. The molecule has 5 nitrogen and oxygen atoms in total. The Bertz CT molecular complexity index is 357. The molecule has 134 valence electrons. The van der Waals surface area contributed by atoms with Crippen molar-refractivity contribution in [2.75, 3.05) is 39.9 Å². The fourth-order valence-electron chi connectivity index (χ4n) is 3.27. The molecule has 1 heterocycles. The minimum Gasteiger partial charge on any atom is -0.381 e. The van der Waals surface area contributed by atoms with E-state index in [1.54, 1.807) is 0 Å². The highest BCUT2D eigenvalue weighted by Crippen LogP contribution is 2.28. The number of nitrogens with zero attached hydrogens (tertiary/aromatic N) is 2. The molecule has 5 heteroatoms. The first-order valence-corrected chi connectivity index (χ1v) is 9.48. The maximum atomic E-state index is 5.66. The Kier molecular flexibility index (Phi) is 8.17. The molecule has 2 rings (SSSR count). The monoisotopic (exact) mass is 324 g/mol. The van der Waals surface area contributed by atoms with E-state index in [4.69, 9.17) is 4.74 Å². The Morgan fingerprint density at radius 2 is 2.09 bits per heavy atom. The number of piperidine rings is 1. The fourth-order valence-corrected chi connectivity index (χ4v) is 3.27. The summed E-state index contributed by atoms with van der Waals surface area (Å²) in [6.45, 7) is 9.56. The number of rotatable bonds is 9. The van der Waals surface area contributed by atoms with E-state index in [0.717, 1.165) is 44.6 Å². The minimum absolute atomic E-state index is 0.547. The van der Waals surface area contributed by atoms with Crippen molar-refractivity contribution in [2.24, 2.45) is 10.9 Å². The van der Waals surface area contributed by atoms with E-state index in [2.05, 4.69) is 34.4 Å². The summed E-state index contributed by atoms with van der Waals surface area (Å²) in [7, 11) is 1.84. The molecule has 23 heavy (non-hydrogen) atoms. The van der Waals surface area contributed by atoms with Crippen LogP contribution in [0.25, 0.3) is 0 Å². The molecule has 0 aromatic carbocycles. The highest BCUT2D eigenvalue weighted by Gasteiger charge is 2.23. The van der Waals surface area contributed by atoms with Crippen LogP contribution in [-0.4, -0.2) is 62.8 Å². The van der Waals surface area contributed by atoms with Gasteiger partial charge in [-0.1, -0.05) is 6.42 Å². The number of ether oxygens (including phenoxy) is 1. The number of hydrogen-bond donors (Lipinski definition) is 2. The summed E-state index contributed by atoms with van der Waals surface area (Å²) in [5.41, 5.74) is 0. The highest BCUT2D eigenvalue weighted by molar-refractivity contribution is 5.79. The fraction of sp³-hybridized carbons (Fsp3) is 0.944. The SMILES string of the molecule is CN=C(NCCCOCC1CC1)NCC(C)N1CCCCC1C. The Balaban J connectivity index is 1.54. The predicted octanol–water partition coefficient (Wildman–Crippen LogP) is 2.23. The molecule has 2 unspecified atom stereocenters. The molecule has 2 atom stereocenters. The molecule has 2 aliphatic rings. The van der Waals surface area contributed by atoms with Crippen molar-refractivity contribution in [1.29, 1.82) is 0 Å². The van der Waals surface area contributed by atoms with Crippen molar-refractivity contribution in [3.05, 3.63) is 0 Å². The van der Waals surface area contributed by atoms with Crippen LogP contribution in [0.4, 0.5) is 0 Å². The van der Waals surface area contributed by atoms with Crippen molar-refractivity contribution in [3.8, 4) is 0 Å². The van der Waals surface area contributed by atoms with Crippen LogP contribution in [0.15, 0.2) is 4.99 Å². The first kappa shape index (κ1) is 18.5. The molecule has 2 N–H and O–H groups in total. The summed E-state index contributed by atoms with van der Waals surface area (Å²) in [5.74, 6) is 1.76.